The first-order valence-electron chi connectivity index (χ1n) is 31.9. The summed E-state index contributed by atoms with van der Waals surface area (Å²) in [6, 6.07) is 19.2. The Balaban J connectivity index is 0.000000384. The van der Waals surface area contributed by atoms with Crippen LogP contribution in [0.15, 0.2) is 102 Å². The lowest BCUT2D eigenvalue weighted by atomic mass is 9.85. The van der Waals surface area contributed by atoms with E-state index in [1.807, 2.05) is 69.2 Å². The Bertz CT molecular complexity index is 4980. The van der Waals surface area contributed by atoms with Crippen molar-refractivity contribution in [2.45, 2.75) is 167 Å². The van der Waals surface area contributed by atoms with Crippen LogP contribution in [0.1, 0.15) is 185 Å². The summed E-state index contributed by atoms with van der Waals surface area (Å²) in [5.41, 5.74) is 3.44. The van der Waals surface area contributed by atoms with Gasteiger partial charge in [-0.2, -0.15) is 15.8 Å². The summed E-state index contributed by atoms with van der Waals surface area (Å²) in [5, 5.41) is 41.6. The summed E-state index contributed by atoms with van der Waals surface area (Å²) in [7, 11) is -17.1. The maximum atomic E-state index is 15.0. The molecular weight excluding hydrogens is 1510 g/mol. The second-order valence-corrected chi connectivity index (χ2v) is 35.5. The monoisotopic (exact) mass is 1590 g/mol. The van der Waals surface area contributed by atoms with E-state index in [2.05, 4.69) is 14.2 Å². The van der Waals surface area contributed by atoms with Gasteiger partial charge in [-0.15, -0.1) is 0 Å². The van der Waals surface area contributed by atoms with Crippen molar-refractivity contribution in [3.05, 3.63) is 157 Å². The Morgan fingerprint density at radius 3 is 0.868 bits per heavy atom. The Morgan fingerprint density at radius 2 is 0.660 bits per heavy atom. The van der Waals surface area contributed by atoms with Crippen LogP contribution in [0, 0.1) is 51.4 Å². The van der Waals surface area contributed by atoms with Gasteiger partial charge in [-0.3, -0.25) is 14.4 Å². The zero-order chi connectivity index (χ0) is 81.4. The smallest absolute Gasteiger partial charge is 0.307 e. The van der Waals surface area contributed by atoms with Crippen molar-refractivity contribution in [2.75, 3.05) is 42.5 Å². The molecule has 0 bridgehead atoms. The highest BCUT2D eigenvalue weighted by atomic mass is 32.2. The highest BCUT2D eigenvalue weighted by Crippen LogP contribution is 2.37. The number of amides is 2. The molecule has 0 radical (unpaired) electrons. The lowest BCUT2D eigenvalue weighted by Gasteiger charge is -2.21. The highest BCUT2D eigenvalue weighted by Gasteiger charge is 2.32. The van der Waals surface area contributed by atoms with E-state index < -0.39 is 118 Å². The zero-order valence-corrected chi connectivity index (χ0v) is 66.2. The van der Waals surface area contributed by atoms with Crippen LogP contribution < -0.4 is 43.0 Å². The fraction of sp³-hybridized carbons (Fsp3) is 0.391. The van der Waals surface area contributed by atoms with Crippen LogP contribution in [0.5, 0.6) is 17.2 Å². The van der Waals surface area contributed by atoms with Gasteiger partial charge < -0.3 is 19.3 Å². The molecular formula is C69H86F3N9O19S6. The van der Waals surface area contributed by atoms with Crippen LogP contribution in [0.3, 0.4) is 0 Å². The van der Waals surface area contributed by atoms with E-state index in [-0.39, 0.29) is 107 Å². The van der Waals surface area contributed by atoms with Gasteiger partial charge in [0.05, 0.1) is 72.0 Å². The second-order valence-electron chi connectivity index (χ2n) is 25.0. The maximum Gasteiger partial charge on any atom is 0.307 e. The highest BCUT2D eigenvalue weighted by molar-refractivity contribution is 7.91. The van der Waals surface area contributed by atoms with Crippen molar-refractivity contribution in [3.63, 3.8) is 0 Å². The lowest BCUT2D eigenvalue weighted by molar-refractivity contribution is -0.136. The molecule has 0 aliphatic carbocycles. The molecule has 37 heteroatoms. The third-order valence-corrected chi connectivity index (χ3v) is 23.8. The largest absolute Gasteiger partial charge is 0.495 e. The minimum absolute atomic E-state index is 0.0125. The normalized spacial score (nSPS) is 11.9. The predicted octanol–water partition coefficient (Wildman–Crippen LogP) is 8.64. The SMILES string of the molecule is CC(C)c1cc(C#N)c(F)c(C(C)C)c1CC(=O)O.CNS(=O)(=O)c1ccc(S(=O)(=O)NC(=O)Cc2c(C(C)C)cc(C#N)c(F)c2C(C)C)c(OC)c1.CNS(=O)(=O)c1ccc(S(=O)(=O)NC(=O)Cc2c(C(C)C)cc(C#N)c(F)c2C(C)C)c(OC)c1.CNS(=O)(=O)c1ccc(S(N)(=O)=O)c(OC)c1. The van der Waals surface area contributed by atoms with E-state index in [4.69, 9.17) is 29.7 Å². The van der Waals surface area contributed by atoms with Gasteiger partial charge in [0.15, 0.2) is 0 Å². The molecule has 0 saturated carbocycles. The van der Waals surface area contributed by atoms with Crippen LogP contribution in [-0.4, -0.2) is 116 Å². The molecule has 6 rings (SSSR count). The predicted molar refractivity (Wildman–Crippen MR) is 386 cm³/mol. The number of primary sulfonamides is 1. The van der Waals surface area contributed by atoms with Crippen LogP contribution in [0.4, 0.5) is 13.2 Å². The molecule has 0 atom stereocenters. The Labute approximate surface area is 618 Å². The third kappa shape index (κ3) is 22.5. The molecule has 0 aliphatic rings. The molecule has 8 N–H and O–H groups in total. The summed E-state index contributed by atoms with van der Waals surface area (Å²) in [6.07, 6.45) is -1.11. The standard InChI is InChI=1S/2C23H28FN3O6S2.C15H18FNO2.C8H12N2O5S2/c2*1-13(2)17-9-15(12-25)23(24)22(14(3)4)18(17)11-21(28)27-35(31,32)20-8-7-16(10-19(20)33-6)34(29,30)26-5;1-8(2)11-5-10(7-17)15(16)14(9(3)4)12(11)6-13(18)19;1-10-17(13,14)6-3-4-8(16(9,11)12)7(5-6)15-2/h2*7-10,13-14,26H,11H2,1-6H3,(H,27,28);5,8-9H,6H2,1-4H3,(H,18,19);3-5,10H,1-2H3,(H2,9,11,12). The molecule has 578 valence electrons. The number of carbonyl (C=O) groups is 3. The number of nitrogens with zero attached hydrogens (tertiary/aromatic N) is 3. The van der Waals surface area contributed by atoms with Gasteiger partial charge in [0.25, 0.3) is 20.0 Å². The number of nitrogens with two attached hydrogens (primary N) is 1. The van der Waals surface area contributed by atoms with E-state index >= 15 is 0 Å². The van der Waals surface area contributed by atoms with Crippen molar-refractivity contribution >= 4 is 77.9 Å². The van der Waals surface area contributed by atoms with Crippen LogP contribution in [0.25, 0.3) is 0 Å². The molecule has 106 heavy (non-hydrogen) atoms. The number of hydrogen-bond acceptors (Lipinski definition) is 21. The average Bonchev–Trinajstić information content (AvgIpc) is 0.785. The number of carboxylic acids is 1. The van der Waals surface area contributed by atoms with Gasteiger partial charge in [-0.25, -0.2) is 92.4 Å². The summed E-state index contributed by atoms with van der Waals surface area (Å²) in [5.74, 6) is -6.78. The number of nitriles is 3. The Kier molecular flexibility index (Phi) is 32.2. The van der Waals surface area contributed by atoms with Gasteiger partial charge in [0.1, 0.15) is 67.6 Å². The number of hydrogen-bond donors (Lipinski definition) is 7. The number of nitrogens with one attached hydrogen (secondary N) is 5. The molecule has 0 heterocycles. The fourth-order valence-electron chi connectivity index (χ4n) is 10.8. The number of carbonyl (C=O) groups excluding carboxylic acids is 2. The number of sulfonamides is 6. The first kappa shape index (κ1) is 91.1. The minimum atomic E-state index is -4.47. The molecule has 28 nitrogen and oxygen atoms in total. The Morgan fingerprint density at radius 1 is 0.415 bits per heavy atom. The topological polar surface area (TPSA) is 462 Å². The lowest BCUT2D eigenvalue weighted by Crippen LogP contribution is -2.33. The molecule has 0 unspecified atom stereocenters. The van der Waals surface area contributed by atoms with Crippen LogP contribution in [0.2, 0.25) is 0 Å². The van der Waals surface area contributed by atoms with E-state index in [1.165, 1.54) is 46.5 Å². The number of rotatable bonds is 26. The summed E-state index contributed by atoms with van der Waals surface area (Å²) >= 11 is 0. The van der Waals surface area contributed by atoms with E-state index in [0.29, 0.717) is 33.4 Å². The summed E-state index contributed by atoms with van der Waals surface area (Å²) in [4.78, 5) is 35.0. The number of halogens is 3. The van der Waals surface area contributed by atoms with Gasteiger partial charge >= 0.3 is 5.97 Å². The molecule has 0 spiro atoms. The average molecular weight is 1590 g/mol. The second kappa shape index (κ2) is 37.5. The van der Waals surface area contributed by atoms with Crippen molar-refractivity contribution in [1.82, 2.24) is 23.6 Å². The molecule has 0 saturated heterocycles. The summed E-state index contributed by atoms with van der Waals surface area (Å²) < 4.78 is 215. The van der Waals surface area contributed by atoms with Crippen LogP contribution in [-0.2, 0) is 93.8 Å². The molecule has 6 aromatic rings. The molecule has 2 amide bonds. The quantitative estimate of drug-likeness (QED) is 0.0267. The molecule has 6 aromatic carbocycles. The number of ether oxygens (including phenoxy) is 3. The van der Waals surface area contributed by atoms with Crippen LogP contribution >= 0.6 is 0 Å². The number of methoxy groups -OCH3 is 3. The summed E-state index contributed by atoms with van der Waals surface area (Å²) in [6.45, 7) is 21.6. The third-order valence-electron chi connectivity index (χ3n) is 15.8. The maximum absolute atomic E-state index is 15.0. The van der Waals surface area contributed by atoms with E-state index in [9.17, 15) is 88.6 Å². The van der Waals surface area contributed by atoms with Gasteiger partial charge in [-0.05, 0) is 161 Å². The number of aliphatic carboxylic acids is 1. The van der Waals surface area contributed by atoms with Crippen molar-refractivity contribution < 1.29 is 97.4 Å². The van der Waals surface area contributed by atoms with Crippen molar-refractivity contribution in [2.24, 2.45) is 5.14 Å². The molecule has 0 aromatic heterocycles. The fourth-order valence-corrected chi connectivity index (χ4v) is 16.0. The Hall–Kier alpha value is -9.07. The number of benzene rings is 6. The first-order chi connectivity index (χ1) is 48.9. The molecule has 0 aliphatic heterocycles. The van der Waals surface area contributed by atoms with Gasteiger partial charge in [-0.1, -0.05) is 83.1 Å². The van der Waals surface area contributed by atoms with Gasteiger partial charge in [0, 0.05) is 18.2 Å². The molecule has 0 fully saturated rings. The van der Waals surface area contributed by atoms with Gasteiger partial charge in [0.2, 0.25) is 51.9 Å². The van der Waals surface area contributed by atoms with E-state index in [1.54, 1.807) is 41.5 Å². The first-order valence-corrected chi connectivity index (χ1v) is 40.8. The van der Waals surface area contributed by atoms with Crippen molar-refractivity contribution in [1.29, 1.82) is 15.8 Å². The van der Waals surface area contributed by atoms with E-state index in [0.717, 1.165) is 74.4 Å². The minimum Gasteiger partial charge on any atom is -0.495 e. The zero-order valence-electron chi connectivity index (χ0n) is 61.3. The number of carboxylic acid groups (broad SMARTS) is 1. The van der Waals surface area contributed by atoms with Crippen molar-refractivity contribution in [3.8, 4) is 35.5 Å².